The molecular weight excluding hydrogens is 378 g/mol. The van der Waals surface area contributed by atoms with Crippen LogP contribution in [0, 0.1) is 0 Å². The zero-order valence-corrected chi connectivity index (χ0v) is 16.9. The first-order valence-corrected chi connectivity index (χ1v) is 10.3. The molecule has 6 nitrogen and oxygen atoms in total. The molecule has 4 heterocycles. The lowest BCUT2D eigenvalue weighted by molar-refractivity contribution is -0.117. The Balaban J connectivity index is 1.50. The van der Waals surface area contributed by atoms with Crippen LogP contribution in [0.2, 0.25) is 0 Å². The maximum atomic E-state index is 12.4. The number of carbonyl (C=O) groups is 1. The van der Waals surface area contributed by atoms with Crippen LogP contribution in [0.3, 0.4) is 0 Å². The van der Waals surface area contributed by atoms with Crippen LogP contribution in [-0.4, -0.2) is 29.1 Å². The zero-order valence-electron chi connectivity index (χ0n) is 16.9. The minimum absolute atomic E-state index is 0.0535. The predicted molar refractivity (Wildman–Crippen MR) is 115 cm³/mol. The van der Waals surface area contributed by atoms with Gasteiger partial charge in [-0.25, -0.2) is 0 Å². The van der Waals surface area contributed by atoms with E-state index < -0.39 is 0 Å². The van der Waals surface area contributed by atoms with Gasteiger partial charge in [-0.1, -0.05) is 6.07 Å². The van der Waals surface area contributed by atoms with Gasteiger partial charge in [-0.2, -0.15) is 0 Å². The fourth-order valence-corrected chi connectivity index (χ4v) is 4.25. The molecule has 2 aliphatic heterocycles. The first-order chi connectivity index (χ1) is 14.6. The van der Waals surface area contributed by atoms with Gasteiger partial charge in [0.2, 0.25) is 5.91 Å². The molecule has 1 aromatic carbocycles. The van der Waals surface area contributed by atoms with Crippen LogP contribution in [0.5, 0.6) is 0 Å². The van der Waals surface area contributed by atoms with Crippen LogP contribution in [0.25, 0.3) is 22.3 Å². The molecule has 5 rings (SSSR count). The molecule has 2 aliphatic rings. The van der Waals surface area contributed by atoms with E-state index in [4.69, 9.17) is 4.74 Å². The van der Waals surface area contributed by atoms with Gasteiger partial charge in [-0.15, -0.1) is 0 Å². The lowest BCUT2D eigenvalue weighted by atomic mass is 10.0. The van der Waals surface area contributed by atoms with Crippen molar-refractivity contribution in [2.75, 3.05) is 18.6 Å². The van der Waals surface area contributed by atoms with E-state index in [2.05, 4.69) is 17.1 Å². The topological polar surface area (TPSA) is 64.4 Å². The van der Waals surface area contributed by atoms with Gasteiger partial charge >= 0.3 is 0 Å². The number of hydrogen-bond donors (Lipinski definition) is 0. The number of amides is 1. The molecule has 2 aromatic heterocycles. The van der Waals surface area contributed by atoms with E-state index in [0.29, 0.717) is 13.0 Å². The van der Waals surface area contributed by atoms with Crippen molar-refractivity contribution in [1.82, 2.24) is 9.55 Å². The number of likely N-dealkylation sites (N-methyl/N-ethyl adjacent to an activating group) is 1. The lowest BCUT2D eigenvalue weighted by Gasteiger charge is -2.25. The normalized spacial score (nSPS) is 18.5. The molecule has 0 bridgehead atoms. The van der Waals surface area contributed by atoms with E-state index >= 15 is 0 Å². The van der Waals surface area contributed by atoms with Crippen LogP contribution in [0.15, 0.2) is 59.8 Å². The highest BCUT2D eigenvalue weighted by molar-refractivity contribution is 6.01. The van der Waals surface area contributed by atoms with E-state index in [-0.39, 0.29) is 17.7 Å². The summed E-state index contributed by atoms with van der Waals surface area (Å²) in [4.78, 5) is 30.5. The summed E-state index contributed by atoms with van der Waals surface area (Å²) in [6, 6.07) is 11.6. The van der Waals surface area contributed by atoms with Crippen LogP contribution < -0.4 is 10.5 Å². The largest absolute Gasteiger partial charge is 0.358 e. The van der Waals surface area contributed by atoms with Crippen molar-refractivity contribution in [3.05, 3.63) is 70.9 Å². The van der Waals surface area contributed by atoms with Gasteiger partial charge in [-0.05, 0) is 60.2 Å². The first-order valence-electron chi connectivity index (χ1n) is 10.3. The minimum Gasteiger partial charge on any atom is -0.358 e. The lowest BCUT2D eigenvalue weighted by Crippen LogP contribution is -2.27. The van der Waals surface area contributed by atoms with E-state index in [1.807, 2.05) is 30.6 Å². The molecule has 30 heavy (non-hydrogen) atoms. The summed E-state index contributed by atoms with van der Waals surface area (Å²) in [7, 11) is 1.81. The van der Waals surface area contributed by atoms with E-state index in [1.165, 1.54) is 0 Å². The molecule has 1 amide bonds. The molecule has 0 aliphatic carbocycles. The van der Waals surface area contributed by atoms with Crippen molar-refractivity contribution >= 4 is 11.6 Å². The van der Waals surface area contributed by atoms with Gasteiger partial charge in [0.15, 0.2) is 0 Å². The first kappa shape index (κ1) is 18.8. The van der Waals surface area contributed by atoms with E-state index in [1.54, 1.807) is 28.8 Å². The Morgan fingerprint density at radius 3 is 2.57 bits per heavy atom. The van der Waals surface area contributed by atoms with Crippen molar-refractivity contribution in [1.29, 1.82) is 0 Å². The third kappa shape index (κ3) is 3.33. The van der Waals surface area contributed by atoms with Gasteiger partial charge in [0, 0.05) is 55.1 Å². The zero-order chi connectivity index (χ0) is 20.7. The fourth-order valence-electron chi connectivity index (χ4n) is 4.25. The summed E-state index contributed by atoms with van der Waals surface area (Å²) < 4.78 is 7.50. The van der Waals surface area contributed by atoms with Crippen LogP contribution >= 0.6 is 0 Å². The van der Waals surface area contributed by atoms with E-state index in [9.17, 15) is 9.59 Å². The Bertz CT molecular complexity index is 1180. The molecule has 0 N–H and O–H groups in total. The second-order valence-electron chi connectivity index (χ2n) is 7.92. The molecule has 6 heteroatoms. The molecule has 1 saturated heterocycles. The van der Waals surface area contributed by atoms with E-state index in [0.717, 1.165) is 52.8 Å². The smallest absolute Gasteiger partial charge is 0.252 e. The number of ether oxygens (including phenoxy) is 1. The van der Waals surface area contributed by atoms with Gasteiger partial charge in [-0.3, -0.25) is 19.1 Å². The average Bonchev–Trinajstić information content (AvgIpc) is 3.07. The van der Waals surface area contributed by atoms with Crippen molar-refractivity contribution < 1.29 is 9.53 Å². The Kier molecular flexibility index (Phi) is 4.71. The molecule has 1 unspecified atom stereocenters. The van der Waals surface area contributed by atoms with Crippen molar-refractivity contribution in [2.45, 2.75) is 31.9 Å². The number of fused-ring (bicyclic) bond motifs is 1. The Morgan fingerprint density at radius 1 is 0.967 bits per heavy atom. The highest BCUT2D eigenvalue weighted by Gasteiger charge is 2.24. The molecule has 1 atom stereocenters. The maximum absolute atomic E-state index is 12.4. The standard InChI is InChI=1S/C24H23N3O3/c1-26-21-7-5-16(10-18(21)12-23(26)29)19-11-20(14-25-13-19)17-6-8-22(28)27(15-17)24-4-2-3-9-30-24/h5-8,10-11,13-15,24H,2-4,9,12H2,1H3. The molecule has 152 valence electrons. The number of benzene rings is 1. The van der Waals surface area contributed by atoms with Crippen LogP contribution in [0.4, 0.5) is 5.69 Å². The average molecular weight is 401 g/mol. The van der Waals surface area contributed by atoms with Crippen LogP contribution in [0.1, 0.15) is 31.1 Å². The van der Waals surface area contributed by atoms with Crippen LogP contribution in [-0.2, 0) is 16.0 Å². The van der Waals surface area contributed by atoms with Crippen molar-refractivity contribution in [2.24, 2.45) is 0 Å². The molecule has 0 saturated carbocycles. The SMILES string of the molecule is CN1C(=O)Cc2cc(-c3cncc(-c4ccc(=O)n(C5CCCCO5)c4)c3)ccc21. The molecule has 1 fully saturated rings. The molecular formula is C24H23N3O3. The number of hydrogen-bond acceptors (Lipinski definition) is 4. The van der Waals surface area contributed by atoms with Gasteiger partial charge < -0.3 is 9.64 Å². The van der Waals surface area contributed by atoms with Crippen molar-refractivity contribution in [3.8, 4) is 22.3 Å². The summed E-state index contributed by atoms with van der Waals surface area (Å²) in [5.74, 6) is 0.112. The number of rotatable bonds is 3. The number of anilines is 1. The van der Waals surface area contributed by atoms with Crippen molar-refractivity contribution in [3.63, 3.8) is 0 Å². The minimum atomic E-state index is -0.200. The summed E-state index contributed by atoms with van der Waals surface area (Å²) in [5.41, 5.74) is 5.81. The van der Waals surface area contributed by atoms with Gasteiger partial charge in [0.1, 0.15) is 6.23 Å². The highest BCUT2D eigenvalue weighted by atomic mass is 16.5. The monoisotopic (exact) mass is 401 g/mol. The number of nitrogens with zero attached hydrogens (tertiary/aromatic N) is 3. The third-order valence-corrected chi connectivity index (χ3v) is 5.97. The Hall–Kier alpha value is -3.25. The second kappa shape index (κ2) is 7.54. The highest BCUT2D eigenvalue weighted by Crippen LogP contribution is 2.33. The number of aromatic nitrogens is 2. The molecule has 0 radical (unpaired) electrons. The Morgan fingerprint density at radius 2 is 1.77 bits per heavy atom. The summed E-state index contributed by atoms with van der Waals surface area (Å²) in [6.07, 6.45) is 8.69. The maximum Gasteiger partial charge on any atom is 0.252 e. The quantitative estimate of drug-likeness (QED) is 0.670. The fraction of sp³-hybridized carbons (Fsp3) is 0.292. The number of pyridine rings is 2. The predicted octanol–water partition coefficient (Wildman–Crippen LogP) is 3.80. The third-order valence-electron chi connectivity index (χ3n) is 5.97. The summed E-state index contributed by atoms with van der Waals surface area (Å²) in [6.45, 7) is 0.689. The van der Waals surface area contributed by atoms with Gasteiger partial charge in [0.25, 0.3) is 5.56 Å². The second-order valence-corrected chi connectivity index (χ2v) is 7.92. The summed E-state index contributed by atoms with van der Waals surface area (Å²) in [5, 5.41) is 0. The summed E-state index contributed by atoms with van der Waals surface area (Å²) >= 11 is 0. The molecule has 3 aromatic rings. The molecule has 0 spiro atoms. The number of carbonyl (C=O) groups excluding carboxylic acids is 1. The van der Waals surface area contributed by atoms with Gasteiger partial charge in [0.05, 0.1) is 6.42 Å². The Labute approximate surface area is 174 Å².